The number of carbonyl (C=O) groups excluding carboxylic acids is 1. The molecule has 2 aromatic carbocycles. The second-order valence-corrected chi connectivity index (χ2v) is 5.44. The molecule has 2 N–H and O–H groups in total. The molecule has 0 saturated carbocycles. The van der Waals surface area contributed by atoms with E-state index in [9.17, 15) is 9.59 Å². The van der Waals surface area contributed by atoms with Crippen LogP contribution in [0, 0.1) is 0 Å². The predicted molar refractivity (Wildman–Crippen MR) is 87.3 cm³/mol. The van der Waals surface area contributed by atoms with E-state index in [2.05, 4.69) is 0 Å². The number of amides is 1. The maximum atomic E-state index is 12.3. The van der Waals surface area contributed by atoms with E-state index in [1.807, 2.05) is 28.8 Å². The van der Waals surface area contributed by atoms with Gasteiger partial charge in [-0.25, -0.2) is 0 Å². The molecule has 1 amide bonds. The van der Waals surface area contributed by atoms with Gasteiger partial charge in [-0.05, 0) is 29.8 Å². The molecule has 3 rings (SSSR count). The SMILES string of the molecule is NC(=O)c1cn(Cc2ccc(Cl)cc2)c2ccccc2c1=O. The number of hydrogen-bond acceptors (Lipinski definition) is 2. The lowest BCUT2D eigenvalue weighted by Crippen LogP contribution is -2.24. The van der Waals surface area contributed by atoms with E-state index in [0.29, 0.717) is 17.0 Å². The van der Waals surface area contributed by atoms with E-state index in [-0.39, 0.29) is 11.0 Å². The van der Waals surface area contributed by atoms with Crippen molar-refractivity contribution in [2.24, 2.45) is 5.73 Å². The van der Waals surface area contributed by atoms with E-state index in [0.717, 1.165) is 11.1 Å². The van der Waals surface area contributed by atoms with E-state index < -0.39 is 5.91 Å². The Bertz CT molecular complexity index is 914. The Hall–Kier alpha value is -2.59. The summed E-state index contributed by atoms with van der Waals surface area (Å²) in [6.45, 7) is 0.512. The van der Waals surface area contributed by atoms with Crippen molar-refractivity contribution in [2.45, 2.75) is 6.54 Å². The highest BCUT2D eigenvalue weighted by molar-refractivity contribution is 6.30. The molecule has 22 heavy (non-hydrogen) atoms. The van der Waals surface area contributed by atoms with Gasteiger partial charge in [0, 0.05) is 23.2 Å². The third kappa shape index (κ3) is 2.61. The minimum atomic E-state index is -0.722. The number of fused-ring (bicyclic) bond motifs is 1. The number of nitrogens with two attached hydrogens (primary N) is 1. The molecule has 0 bridgehead atoms. The number of benzene rings is 2. The Morgan fingerprint density at radius 3 is 2.45 bits per heavy atom. The van der Waals surface area contributed by atoms with Crippen LogP contribution in [0.25, 0.3) is 10.9 Å². The van der Waals surface area contributed by atoms with Crippen molar-refractivity contribution in [2.75, 3.05) is 0 Å². The molecule has 0 aliphatic heterocycles. The van der Waals surface area contributed by atoms with Crippen LogP contribution in [0.3, 0.4) is 0 Å². The Morgan fingerprint density at radius 2 is 1.77 bits per heavy atom. The minimum absolute atomic E-state index is 0.00679. The highest BCUT2D eigenvalue weighted by Gasteiger charge is 2.12. The van der Waals surface area contributed by atoms with Crippen molar-refractivity contribution in [1.82, 2.24) is 4.57 Å². The molecular weight excluding hydrogens is 300 g/mol. The zero-order valence-electron chi connectivity index (χ0n) is 11.6. The average Bonchev–Trinajstić information content (AvgIpc) is 2.52. The molecular formula is C17H13ClN2O2. The molecule has 110 valence electrons. The van der Waals surface area contributed by atoms with Crippen LogP contribution in [-0.4, -0.2) is 10.5 Å². The molecule has 0 radical (unpaired) electrons. The smallest absolute Gasteiger partial charge is 0.254 e. The van der Waals surface area contributed by atoms with Crippen LogP contribution in [0.2, 0.25) is 5.02 Å². The molecule has 4 nitrogen and oxygen atoms in total. The molecule has 0 saturated heterocycles. The number of rotatable bonds is 3. The van der Waals surface area contributed by atoms with Crippen LogP contribution in [0.4, 0.5) is 0 Å². The van der Waals surface area contributed by atoms with Crippen LogP contribution in [-0.2, 0) is 6.54 Å². The number of primary amides is 1. The van der Waals surface area contributed by atoms with Crippen molar-refractivity contribution in [1.29, 1.82) is 0 Å². The molecule has 3 aromatic rings. The number of hydrogen-bond donors (Lipinski definition) is 1. The molecule has 0 spiro atoms. The molecule has 0 aliphatic carbocycles. The van der Waals surface area contributed by atoms with Gasteiger partial charge in [-0.1, -0.05) is 35.9 Å². The predicted octanol–water partition coefficient (Wildman–Crippen LogP) is 2.80. The summed E-state index contributed by atoms with van der Waals surface area (Å²) in [6.07, 6.45) is 1.52. The third-order valence-corrected chi connectivity index (χ3v) is 3.77. The van der Waals surface area contributed by atoms with Gasteiger partial charge < -0.3 is 10.3 Å². The quantitative estimate of drug-likeness (QED) is 0.808. The normalized spacial score (nSPS) is 10.8. The maximum Gasteiger partial charge on any atom is 0.254 e. The standard InChI is InChI=1S/C17H13ClN2O2/c18-12-7-5-11(6-8-12)9-20-10-14(17(19)22)16(21)13-3-1-2-4-15(13)20/h1-8,10H,9H2,(H2,19,22). The zero-order valence-corrected chi connectivity index (χ0v) is 12.4. The minimum Gasteiger partial charge on any atom is -0.365 e. The second kappa shape index (κ2) is 5.66. The van der Waals surface area contributed by atoms with Crippen molar-refractivity contribution in [3.8, 4) is 0 Å². The first-order valence-electron chi connectivity index (χ1n) is 6.72. The number of para-hydroxylation sites is 1. The maximum absolute atomic E-state index is 12.3. The summed E-state index contributed by atoms with van der Waals surface area (Å²) in [6, 6.07) is 14.6. The number of pyridine rings is 1. The van der Waals surface area contributed by atoms with Crippen LogP contribution in [0.5, 0.6) is 0 Å². The van der Waals surface area contributed by atoms with Gasteiger partial charge in [0.2, 0.25) is 5.43 Å². The monoisotopic (exact) mass is 312 g/mol. The summed E-state index contributed by atoms with van der Waals surface area (Å²) in [7, 11) is 0. The number of aromatic nitrogens is 1. The highest BCUT2D eigenvalue weighted by Crippen LogP contribution is 2.15. The Morgan fingerprint density at radius 1 is 1.09 bits per heavy atom. The first-order chi connectivity index (χ1) is 10.6. The molecule has 0 aliphatic rings. The third-order valence-electron chi connectivity index (χ3n) is 3.52. The van der Waals surface area contributed by atoms with Crippen LogP contribution < -0.4 is 11.2 Å². The fraction of sp³-hybridized carbons (Fsp3) is 0.0588. The fourth-order valence-corrected chi connectivity index (χ4v) is 2.56. The summed E-state index contributed by atoms with van der Waals surface area (Å²) >= 11 is 5.89. The molecule has 5 heteroatoms. The van der Waals surface area contributed by atoms with Gasteiger partial charge in [-0.2, -0.15) is 0 Å². The van der Waals surface area contributed by atoms with Gasteiger partial charge in [-0.15, -0.1) is 0 Å². The molecule has 0 atom stereocenters. The first-order valence-corrected chi connectivity index (χ1v) is 7.10. The fourth-order valence-electron chi connectivity index (χ4n) is 2.44. The molecule has 1 heterocycles. The van der Waals surface area contributed by atoms with Crippen molar-refractivity contribution in [3.05, 3.63) is 81.1 Å². The summed E-state index contributed by atoms with van der Waals surface area (Å²) < 4.78 is 1.85. The second-order valence-electron chi connectivity index (χ2n) is 5.01. The summed E-state index contributed by atoms with van der Waals surface area (Å²) in [5.41, 5.74) is 6.74. The summed E-state index contributed by atoms with van der Waals surface area (Å²) in [5, 5.41) is 1.14. The van der Waals surface area contributed by atoms with Gasteiger partial charge in [-0.3, -0.25) is 9.59 Å². The Balaban J connectivity index is 2.19. The van der Waals surface area contributed by atoms with Crippen LogP contribution >= 0.6 is 11.6 Å². The molecule has 0 fully saturated rings. The lowest BCUT2D eigenvalue weighted by molar-refractivity contribution is 0.0999. The Labute approximate surface area is 131 Å². The van der Waals surface area contributed by atoms with Crippen LogP contribution in [0.15, 0.2) is 59.5 Å². The summed E-state index contributed by atoms with van der Waals surface area (Å²) in [5.74, 6) is -0.722. The number of carbonyl (C=O) groups is 1. The average molecular weight is 313 g/mol. The van der Waals surface area contributed by atoms with E-state index >= 15 is 0 Å². The van der Waals surface area contributed by atoms with Crippen molar-refractivity contribution < 1.29 is 4.79 Å². The largest absolute Gasteiger partial charge is 0.365 e. The van der Waals surface area contributed by atoms with E-state index in [1.165, 1.54) is 6.20 Å². The van der Waals surface area contributed by atoms with Crippen LogP contribution in [0.1, 0.15) is 15.9 Å². The lowest BCUT2D eigenvalue weighted by atomic mass is 10.1. The van der Waals surface area contributed by atoms with Gasteiger partial charge in [0.15, 0.2) is 0 Å². The number of halogens is 1. The number of nitrogens with zero attached hydrogens (tertiary/aromatic N) is 1. The summed E-state index contributed by atoms with van der Waals surface area (Å²) in [4.78, 5) is 23.8. The van der Waals surface area contributed by atoms with Gasteiger partial charge in [0.05, 0.1) is 5.52 Å². The zero-order chi connectivity index (χ0) is 15.7. The van der Waals surface area contributed by atoms with E-state index in [1.54, 1.807) is 24.3 Å². The highest BCUT2D eigenvalue weighted by atomic mass is 35.5. The molecule has 0 unspecified atom stereocenters. The van der Waals surface area contributed by atoms with Crippen molar-refractivity contribution in [3.63, 3.8) is 0 Å². The lowest BCUT2D eigenvalue weighted by Gasteiger charge is -2.12. The Kier molecular flexibility index (Phi) is 3.69. The van der Waals surface area contributed by atoms with Gasteiger partial charge in [0.25, 0.3) is 5.91 Å². The van der Waals surface area contributed by atoms with E-state index in [4.69, 9.17) is 17.3 Å². The van der Waals surface area contributed by atoms with Crippen molar-refractivity contribution >= 4 is 28.4 Å². The first kappa shape index (κ1) is 14.4. The molecule has 1 aromatic heterocycles. The van der Waals surface area contributed by atoms with Gasteiger partial charge in [0.1, 0.15) is 5.56 Å². The van der Waals surface area contributed by atoms with Gasteiger partial charge >= 0.3 is 0 Å². The topological polar surface area (TPSA) is 65.1 Å².